The largest absolute Gasteiger partial charge is 0.416 e. The fourth-order valence-electron chi connectivity index (χ4n) is 3.12. The number of Topliss-reactive ketones (excluding diaryl/α,β-unsaturated/α-hetero) is 1. The van der Waals surface area contributed by atoms with E-state index in [0.717, 1.165) is 42.1 Å². The number of halogens is 3. The number of allylic oxidation sites excluding steroid dienone is 4. The fraction of sp³-hybridized carbons (Fsp3) is 0.286. The van der Waals surface area contributed by atoms with Gasteiger partial charge < -0.3 is 10.6 Å². The van der Waals surface area contributed by atoms with Gasteiger partial charge in [0.05, 0.1) is 16.0 Å². The Morgan fingerprint density at radius 1 is 0.838 bits per heavy atom. The van der Waals surface area contributed by atoms with Crippen molar-refractivity contribution in [1.29, 1.82) is 10.5 Å². The highest BCUT2D eigenvalue weighted by Gasteiger charge is 2.30. The van der Waals surface area contributed by atoms with E-state index in [0.29, 0.717) is 22.7 Å². The molecular formula is C28H29F3N4OS. The number of nitrogens with zero attached hydrogens (tertiary/aromatic N) is 2. The van der Waals surface area contributed by atoms with Gasteiger partial charge in [0.1, 0.15) is 17.7 Å². The van der Waals surface area contributed by atoms with E-state index in [1.807, 2.05) is 45.0 Å². The van der Waals surface area contributed by atoms with Gasteiger partial charge in [-0.05, 0) is 52.3 Å². The first-order valence-electron chi connectivity index (χ1n) is 11.4. The minimum absolute atomic E-state index is 0.0480. The molecule has 5 nitrogen and oxygen atoms in total. The van der Waals surface area contributed by atoms with Crippen LogP contribution in [0.15, 0.2) is 71.1 Å². The minimum Gasteiger partial charge on any atom is -0.388 e. The molecule has 194 valence electrons. The van der Waals surface area contributed by atoms with Gasteiger partial charge in [-0.2, -0.15) is 23.7 Å². The van der Waals surface area contributed by atoms with E-state index in [9.17, 15) is 23.2 Å². The van der Waals surface area contributed by atoms with Crippen LogP contribution in [-0.2, 0) is 6.18 Å². The zero-order valence-corrected chi connectivity index (χ0v) is 22.2. The number of nitriles is 2. The van der Waals surface area contributed by atoms with Crippen molar-refractivity contribution >= 4 is 22.9 Å². The number of thiocarbonyl (C=S) groups is 1. The van der Waals surface area contributed by atoms with E-state index in [-0.39, 0.29) is 11.1 Å². The molecule has 2 aromatic rings. The highest BCUT2D eigenvalue weighted by Crippen LogP contribution is 2.29. The summed E-state index contributed by atoms with van der Waals surface area (Å²) >= 11 is 5.35. The van der Waals surface area contributed by atoms with Crippen molar-refractivity contribution in [1.82, 2.24) is 10.6 Å². The van der Waals surface area contributed by atoms with Crippen molar-refractivity contribution in [3.05, 3.63) is 93.3 Å². The molecule has 0 aliphatic rings. The van der Waals surface area contributed by atoms with Gasteiger partial charge in [-0.3, -0.25) is 4.79 Å². The van der Waals surface area contributed by atoms with E-state index in [2.05, 4.69) is 16.7 Å². The van der Waals surface area contributed by atoms with E-state index in [4.69, 9.17) is 17.5 Å². The Morgan fingerprint density at radius 2 is 1.27 bits per heavy atom. The molecule has 0 amide bonds. The molecule has 2 N–H and O–H groups in total. The van der Waals surface area contributed by atoms with Crippen LogP contribution in [0.3, 0.4) is 0 Å². The first kappa shape index (κ1) is 31.1. The Morgan fingerprint density at radius 3 is 1.68 bits per heavy atom. The number of hydrogen-bond acceptors (Lipinski definition) is 6. The SMILES string of the molecule is CCN/C(C)=C(/C#N)C(=O)c1ccc(C(F)(F)F)cc1.CCN/C(C)=C(/C#N)C(=S)c1ccc(C)cc1. The summed E-state index contributed by atoms with van der Waals surface area (Å²) in [4.78, 5) is 12.7. The average molecular weight is 527 g/mol. The molecule has 2 aromatic carbocycles. The van der Waals surface area contributed by atoms with Gasteiger partial charge in [-0.15, -0.1) is 0 Å². The number of carbonyl (C=O) groups excluding carboxylic acids is 1. The van der Waals surface area contributed by atoms with Crippen molar-refractivity contribution in [2.45, 2.75) is 40.8 Å². The summed E-state index contributed by atoms with van der Waals surface area (Å²) in [7, 11) is 0. The summed E-state index contributed by atoms with van der Waals surface area (Å²) in [6, 6.07) is 15.6. The molecule has 9 heteroatoms. The second-order valence-corrected chi connectivity index (χ2v) is 8.29. The van der Waals surface area contributed by atoms with Gasteiger partial charge in [-0.1, -0.05) is 54.2 Å². The lowest BCUT2D eigenvalue weighted by Crippen LogP contribution is -2.16. The Labute approximate surface area is 221 Å². The molecule has 0 radical (unpaired) electrons. The van der Waals surface area contributed by atoms with E-state index < -0.39 is 17.5 Å². The Hall–Kier alpha value is -3.95. The molecule has 0 spiro atoms. The van der Waals surface area contributed by atoms with Crippen LogP contribution in [0.25, 0.3) is 0 Å². The molecule has 0 atom stereocenters. The molecule has 37 heavy (non-hydrogen) atoms. The summed E-state index contributed by atoms with van der Waals surface area (Å²) in [5.41, 5.74) is 2.99. The third-order valence-electron chi connectivity index (χ3n) is 5.10. The number of ketones is 1. The molecule has 0 fully saturated rings. The molecule has 2 rings (SSSR count). The third-order valence-corrected chi connectivity index (χ3v) is 5.54. The van der Waals surface area contributed by atoms with Crippen LogP contribution in [0.5, 0.6) is 0 Å². The Balaban J connectivity index is 0.000000375. The molecule has 0 aliphatic heterocycles. The van der Waals surface area contributed by atoms with E-state index in [1.54, 1.807) is 19.9 Å². The van der Waals surface area contributed by atoms with Gasteiger partial charge in [0.2, 0.25) is 5.78 Å². The van der Waals surface area contributed by atoms with Crippen LogP contribution in [0.2, 0.25) is 0 Å². The summed E-state index contributed by atoms with van der Waals surface area (Å²) < 4.78 is 37.3. The van der Waals surface area contributed by atoms with Crippen LogP contribution >= 0.6 is 12.2 Å². The summed E-state index contributed by atoms with van der Waals surface area (Å²) in [5, 5.41) is 24.1. The topological polar surface area (TPSA) is 88.7 Å². The molecule has 0 aliphatic carbocycles. The monoisotopic (exact) mass is 526 g/mol. The van der Waals surface area contributed by atoms with Gasteiger partial charge in [0, 0.05) is 30.0 Å². The van der Waals surface area contributed by atoms with Gasteiger partial charge >= 0.3 is 6.18 Å². The smallest absolute Gasteiger partial charge is 0.388 e. The maximum atomic E-state index is 12.4. The highest BCUT2D eigenvalue weighted by atomic mass is 32.1. The number of rotatable bonds is 8. The Bertz CT molecular complexity index is 1250. The quantitative estimate of drug-likeness (QED) is 0.179. The maximum absolute atomic E-state index is 12.4. The van der Waals surface area contributed by atoms with Crippen molar-refractivity contribution in [2.24, 2.45) is 0 Å². The predicted molar refractivity (Wildman–Crippen MR) is 143 cm³/mol. The van der Waals surface area contributed by atoms with Crippen LogP contribution in [-0.4, -0.2) is 23.7 Å². The summed E-state index contributed by atoms with van der Waals surface area (Å²) in [6.45, 7) is 10.6. The third kappa shape index (κ3) is 9.21. The van der Waals surface area contributed by atoms with E-state index in [1.165, 1.54) is 5.56 Å². The van der Waals surface area contributed by atoms with Crippen molar-refractivity contribution in [3.8, 4) is 12.1 Å². The standard InChI is InChI=1S/C14H13F3N2O.C14H16N2S/c1-3-19-9(2)12(8-18)13(20)10-4-6-11(7-5-10)14(15,16)17;1-4-16-11(3)13(9-15)14(17)12-7-5-10(2)6-8-12/h4-7,19H,3H2,1-2H3;5-8,16H,4H2,1-3H3/b12-9-;13-11-. The normalized spacial score (nSPS) is 11.9. The molecule has 0 saturated heterocycles. The molecule has 0 heterocycles. The average Bonchev–Trinajstić information content (AvgIpc) is 2.85. The highest BCUT2D eigenvalue weighted by molar-refractivity contribution is 7.81. The van der Waals surface area contributed by atoms with Crippen LogP contribution in [0.1, 0.15) is 54.7 Å². The second-order valence-electron chi connectivity index (χ2n) is 7.88. The van der Waals surface area contributed by atoms with Crippen LogP contribution < -0.4 is 10.6 Å². The number of alkyl halides is 3. The van der Waals surface area contributed by atoms with E-state index >= 15 is 0 Å². The number of hydrogen-bond donors (Lipinski definition) is 2. The summed E-state index contributed by atoms with van der Waals surface area (Å²) in [6.07, 6.45) is -4.45. The maximum Gasteiger partial charge on any atom is 0.416 e. The molecule has 0 bridgehead atoms. The fourth-order valence-corrected chi connectivity index (χ4v) is 3.46. The number of aryl methyl sites for hydroxylation is 1. The van der Waals surface area contributed by atoms with Crippen molar-refractivity contribution in [2.75, 3.05) is 13.1 Å². The molecular weight excluding hydrogens is 497 g/mol. The zero-order valence-electron chi connectivity index (χ0n) is 21.4. The lowest BCUT2D eigenvalue weighted by Gasteiger charge is -2.08. The van der Waals surface area contributed by atoms with Gasteiger partial charge in [0.15, 0.2) is 0 Å². The van der Waals surface area contributed by atoms with Gasteiger partial charge in [-0.25, -0.2) is 0 Å². The molecule has 0 aromatic heterocycles. The first-order chi connectivity index (χ1) is 17.4. The Kier molecular flexibility index (Phi) is 12.2. The van der Waals surface area contributed by atoms with Crippen LogP contribution in [0.4, 0.5) is 13.2 Å². The minimum atomic E-state index is -4.45. The van der Waals surface area contributed by atoms with Crippen LogP contribution in [0, 0.1) is 29.6 Å². The number of benzene rings is 2. The number of carbonyl (C=O) groups is 1. The summed E-state index contributed by atoms with van der Waals surface area (Å²) in [5.74, 6) is -0.598. The number of nitrogens with one attached hydrogen (secondary N) is 2. The second kappa shape index (κ2) is 14.6. The zero-order chi connectivity index (χ0) is 28.2. The van der Waals surface area contributed by atoms with Crippen molar-refractivity contribution in [3.63, 3.8) is 0 Å². The van der Waals surface area contributed by atoms with Gasteiger partial charge in [0.25, 0.3) is 0 Å². The first-order valence-corrected chi connectivity index (χ1v) is 11.8. The lowest BCUT2D eigenvalue weighted by molar-refractivity contribution is -0.137. The lowest BCUT2D eigenvalue weighted by atomic mass is 10.0. The molecule has 0 saturated carbocycles. The predicted octanol–water partition coefficient (Wildman–Crippen LogP) is 6.42. The molecule has 0 unspecified atom stereocenters. The van der Waals surface area contributed by atoms with Crippen molar-refractivity contribution < 1.29 is 18.0 Å².